The van der Waals surface area contributed by atoms with E-state index in [2.05, 4.69) is 5.32 Å². The molecule has 1 aliphatic rings. The number of hydrogen-bond donors (Lipinski definition) is 1. The van der Waals surface area contributed by atoms with E-state index in [1.54, 1.807) is 31.4 Å². The first-order valence-corrected chi connectivity index (χ1v) is 16.5. The summed E-state index contributed by atoms with van der Waals surface area (Å²) in [7, 11) is 1.58. The zero-order valence-electron chi connectivity index (χ0n) is 27.5. The molecule has 0 spiro atoms. The number of nitrogens with one attached hydrogen (secondary N) is 1. The Balaban J connectivity index is 1.21. The van der Waals surface area contributed by atoms with Crippen molar-refractivity contribution in [3.05, 3.63) is 155 Å². The fraction of sp³-hybridized carbons (Fsp3) is 0.220. The van der Waals surface area contributed by atoms with Gasteiger partial charge >= 0.3 is 0 Å². The van der Waals surface area contributed by atoms with Crippen molar-refractivity contribution in [3.8, 4) is 23.0 Å². The van der Waals surface area contributed by atoms with Crippen LogP contribution in [-0.2, 0) is 19.8 Å². The van der Waals surface area contributed by atoms with E-state index in [4.69, 9.17) is 18.9 Å². The number of carbonyl (C=O) groups excluding carboxylic acids is 2. The summed E-state index contributed by atoms with van der Waals surface area (Å²) in [6.45, 7) is 1.92. The molecule has 8 nitrogen and oxygen atoms in total. The number of nitrogens with zero attached hydrogens (tertiary/aromatic N) is 1. The predicted molar refractivity (Wildman–Crippen MR) is 188 cm³/mol. The van der Waals surface area contributed by atoms with Crippen LogP contribution in [-0.4, -0.2) is 43.0 Å². The Morgan fingerprint density at radius 1 is 0.633 bits per heavy atom. The lowest BCUT2D eigenvalue weighted by Crippen LogP contribution is -2.46. The second-order valence-corrected chi connectivity index (χ2v) is 11.9. The van der Waals surface area contributed by atoms with Crippen LogP contribution in [0.5, 0.6) is 23.0 Å². The van der Waals surface area contributed by atoms with Gasteiger partial charge in [0.1, 0.15) is 25.6 Å². The zero-order valence-corrected chi connectivity index (χ0v) is 27.5. The van der Waals surface area contributed by atoms with Crippen LogP contribution in [0.2, 0.25) is 0 Å². The maximum Gasteiger partial charge on any atom is 0.253 e. The van der Waals surface area contributed by atoms with Crippen molar-refractivity contribution in [3.63, 3.8) is 0 Å². The molecule has 0 unspecified atom stereocenters. The second kappa shape index (κ2) is 16.4. The van der Waals surface area contributed by atoms with Gasteiger partial charge in [-0.05, 0) is 59.9 Å². The van der Waals surface area contributed by atoms with Crippen LogP contribution >= 0.6 is 0 Å². The Morgan fingerprint density at radius 2 is 1.14 bits per heavy atom. The minimum Gasteiger partial charge on any atom is -0.497 e. The van der Waals surface area contributed by atoms with Gasteiger partial charge in [0.25, 0.3) is 11.8 Å². The van der Waals surface area contributed by atoms with Crippen molar-refractivity contribution in [2.45, 2.75) is 38.7 Å². The molecule has 1 heterocycles. The lowest BCUT2D eigenvalue weighted by molar-refractivity contribution is 0.0697. The number of benzene rings is 5. The van der Waals surface area contributed by atoms with Crippen LogP contribution in [0.4, 0.5) is 0 Å². The van der Waals surface area contributed by atoms with Crippen LogP contribution in [0.25, 0.3) is 0 Å². The Kier molecular flexibility index (Phi) is 11.1. The number of methoxy groups -OCH3 is 1. The molecule has 1 fully saturated rings. The zero-order chi connectivity index (χ0) is 33.8. The molecule has 0 atom stereocenters. The predicted octanol–water partition coefficient (Wildman–Crippen LogP) is 7.47. The van der Waals surface area contributed by atoms with Gasteiger partial charge in [0.15, 0.2) is 11.5 Å². The van der Waals surface area contributed by atoms with Gasteiger partial charge in [0, 0.05) is 30.3 Å². The van der Waals surface area contributed by atoms with Crippen molar-refractivity contribution in [2.75, 3.05) is 20.2 Å². The first kappa shape index (κ1) is 33.2. The van der Waals surface area contributed by atoms with E-state index >= 15 is 0 Å². The first-order chi connectivity index (χ1) is 24.1. The number of amides is 2. The number of piperidine rings is 1. The minimum atomic E-state index is -0.249. The van der Waals surface area contributed by atoms with Crippen LogP contribution in [0.3, 0.4) is 0 Å². The van der Waals surface area contributed by atoms with E-state index in [1.807, 2.05) is 108 Å². The smallest absolute Gasteiger partial charge is 0.253 e. The molecular weight excluding hydrogens is 616 g/mol. The van der Waals surface area contributed by atoms with Crippen molar-refractivity contribution in [1.29, 1.82) is 0 Å². The van der Waals surface area contributed by atoms with Gasteiger partial charge in [-0.25, -0.2) is 0 Å². The Morgan fingerprint density at radius 3 is 1.65 bits per heavy atom. The summed E-state index contributed by atoms with van der Waals surface area (Å²) in [6, 6.07) is 40.1. The molecule has 0 radical (unpaired) electrons. The summed E-state index contributed by atoms with van der Waals surface area (Å²) in [4.78, 5) is 28.8. The van der Waals surface area contributed by atoms with Gasteiger partial charge in [-0.3, -0.25) is 9.59 Å². The molecule has 1 aliphatic heterocycles. The molecule has 2 amide bonds. The van der Waals surface area contributed by atoms with E-state index in [0.717, 1.165) is 16.7 Å². The summed E-state index contributed by atoms with van der Waals surface area (Å²) >= 11 is 0. The maximum absolute atomic E-state index is 13.8. The summed E-state index contributed by atoms with van der Waals surface area (Å²) in [6.07, 6.45) is 1.27. The van der Waals surface area contributed by atoms with Crippen molar-refractivity contribution >= 4 is 11.8 Å². The third-order valence-corrected chi connectivity index (χ3v) is 8.42. The Bertz CT molecular complexity index is 1760. The number of ether oxygens (including phenoxy) is 4. The fourth-order valence-electron chi connectivity index (χ4n) is 5.70. The molecule has 0 bridgehead atoms. The van der Waals surface area contributed by atoms with E-state index in [-0.39, 0.29) is 31.1 Å². The molecule has 250 valence electrons. The number of carbonyl (C=O) groups is 2. The van der Waals surface area contributed by atoms with Gasteiger partial charge in [-0.1, -0.05) is 97.1 Å². The molecule has 49 heavy (non-hydrogen) atoms. The average molecular weight is 657 g/mol. The van der Waals surface area contributed by atoms with E-state index < -0.39 is 0 Å². The molecule has 5 aromatic carbocycles. The highest BCUT2D eigenvalue weighted by Crippen LogP contribution is 2.40. The van der Waals surface area contributed by atoms with Crippen molar-refractivity contribution in [2.24, 2.45) is 0 Å². The van der Waals surface area contributed by atoms with Crippen LogP contribution in [0.1, 0.15) is 50.2 Å². The molecule has 1 saturated heterocycles. The summed E-state index contributed by atoms with van der Waals surface area (Å²) in [5, 5.41) is 3.18. The lowest BCUT2D eigenvalue weighted by Gasteiger charge is -2.32. The van der Waals surface area contributed by atoms with Gasteiger partial charge in [0.2, 0.25) is 5.75 Å². The third-order valence-electron chi connectivity index (χ3n) is 8.42. The van der Waals surface area contributed by atoms with Crippen LogP contribution < -0.4 is 24.3 Å². The van der Waals surface area contributed by atoms with Crippen LogP contribution in [0.15, 0.2) is 127 Å². The van der Waals surface area contributed by atoms with E-state index in [1.165, 1.54) is 0 Å². The van der Waals surface area contributed by atoms with Gasteiger partial charge in [-0.2, -0.15) is 0 Å². The van der Waals surface area contributed by atoms with Crippen molar-refractivity contribution < 1.29 is 28.5 Å². The highest BCUT2D eigenvalue weighted by Gasteiger charge is 2.26. The quantitative estimate of drug-likeness (QED) is 0.142. The molecule has 6 rings (SSSR count). The highest BCUT2D eigenvalue weighted by atomic mass is 16.5. The van der Waals surface area contributed by atoms with Crippen LogP contribution in [0, 0.1) is 0 Å². The molecule has 0 saturated carbocycles. The molecular formula is C41H40N2O6. The normalized spacial score (nSPS) is 13.0. The fourth-order valence-corrected chi connectivity index (χ4v) is 5.70. The van der Waals surface area contributed by atoms with Gasteiger partial charge in [-0.15, -0.1) is 0 Å². The Labute approximate surface area is 287 Å². The van der Waals surface area contributed by atoms with Gasteiger partial charge < -0.3 is 29.2 Å². The van der Waals surface area contributed by atoms with E-state index in [0.29, 0.717) is 66.7 Å². The van der Waals surface area contributed by atoms with Crippen molar-refractivity contribution in [1.82, 2.24) is 10.2 Å². The average Bonchev–Trinajstić information content (AvgIpc) is 3.16. The standard InChI is InChI=1S/C41H40N2O6/c1-46-36-19-11-18-33(24-36)41(45)43-22-20-35(21-23-43)42-40(44)34-25-37(47-27-30-12-5-2-6-13-30)39(49-29-32-16-9-4-10-17-32)38(26-34)48-28-31-14-7-3-8-15-31/h2-19,24-26,35H,20-23,27-29H2,1H3,(H,42,44). The summed E-state index contributed by atoms with van der Waals surface area (Å²) < 4.78 is 24.4. The molecule has 0 aliphatic carbocycles. The summed E-state index contributed by atoms with van der Waals surface area (Å²) in [5.74, 6) is 1.60. The topological polar surface area (TPSA) is 86.3 Å². The van der Waals surface area contributed by atoms with E-state index in [9.17, 15) is 9.59 Å². The Hall–Kier alpha value is -5.76. The maximum atomic E-state index is 13.8. The third kappa shape index (κ3) is 8.99. The molecule has 1 N–H and O–H groups in total. The number of hydrogen-bond acceptors (Lipinski definition) is 6. The monoisotopic (exact) mass is 656 g/mol. The SMILES string of the molecule is COc1cccc(C(=O)N2CCC(NC(=O)c3cc(OCc4ccccc4)c(OCc4ccccc4)c(OCc4ccccc4)c3)CC2)c1. The van der Waals surface area contributed by atoms with Gasteiger partial charge in [0.05, 0.1) is 7.11 Å². The molecule has 8 heteroatoms. The summed E-state index contributed by atoms with van der Waals surface area (Å²) in [5.41, 5.74) is 3.93. The highest BCUT2D eigenvalue weighted by molar-refractivity contribution is 5.96. The minimum absolute atomic E-state index is 0.0461. The molecule has 5 aromatic rings. The second-order valence-electron chi connectivity index (χ2n) is 11.9. The molecule has 0 aromatic heterocycles. The lowest BCUT2D eigenvalue weighted by atomic mass is 10.0. The largest absolute Gasteiger partial charge is 0.497 e. The number of likely N-dealkylation sites (tertiary alicyclic amines) is 1. The number of rotatable bonds is 13. The first-order valence-electron chi connectivity index (χ1n) is 16.5.